The molecular formula is C28H38N4OS. The topological polar surface area (TPSA) is 48.8 Å². The van der Waals surface area contributed by atoms with Crippen LogP contribution in [0.15, 0.2) is 77.6 Å². The Morgan fingerprint density at radius 1 is 1.35 bits per heavy atom. The van der Waals surface area contributed by atoms with E-state index in [0.717, 1.165) is 42.9 Å². The SMILES string of the molecule is C=C1/C(=N\C(=C/C)N2C(=C)C(CS)C=C(CCC)CC2Cc2cccnc2)C[C@H](C)C(=O)N1C. The van der Waals surface area contributed by atoms with Gasteiger partial charge in [0.2, 0.25) is 5.91 Å². The molecule has 34 heavy (non-hydrogen) atoms. The Bertz CT molecular complexity index is 1010. The van der Waals surface area contributed by atoms with Crippen LogP contribution in [0.1, 0.15) is 52.0 Å². The van der Waals surface area contributed by atoms with Crippen molar-refractivity contribution in [1.82, 2.24) is 14.8 Å². The summed E-state index contributed by atoms with van der Waals surface area (Å²) in [5.41, 5.74) is 5.16. The number of thiol groups is 1. The summed E-state index contributed by atoms with van der Waals surface area (Å²) in [7, 11) is 1.78. The third kappa shape index (κ3) is 5.72. The summed E-state index contributed by atoms with van der Waals surface area (Å²) < 4.78 is 0. The van der Waals surface area contributed by atoms with Gasteiger partial charge in [0.15, 0.2) is 0 Å². The fourth-order valence-corrected chi connectivity index (χ4v) is 5.18. The van der Waals surface area contributed by atoms with Gasteiger partial charge in [-0.3, -0.25) is 9.78 Å². The number of rotatable bonds is 7. The summed E-state index contributed by atoms with van der Waals surface area (Å²) in [4.78, 5) is 25.8. The molecule has 0 spiro atoms. The van der Waals surface area contributed by atoms with Crippen LogP contribution in [0.5, 0.6) is 0 Å². The van der Waals surface area contributed by atoms with Crippen LogP contribution < -0.4 is 0 Å². The fourth-order valence-electron chi connectivity index (χ4n) is 4.87. The normalized spacial score (nSPS) is 25.6. The van der Waals surface area contributed by atoms with Crippen molar-refractivity contribution >= 4 is 24.2 Å². The van der Waals surface area contributed by atoms with Crippen LogP contribution in [0.4, 0.5) is 0 Å². The minimum absolute atomic E-state index is 0.0863. The van der Waals surface area contributed by atoms with Gasteiger partial charge in [0, 0.05) is 55.2 Å². The first-order chi connectivity index (χ1) is 16.3. The summed E-state index contributed by atoms with van der Waals surface area (Å²) in [5, 5.41) is 0. The fraction of sp³-hybridized carbons (Fsp3) is 0.464. The lowest BCUT2D eigenvalue weighted by atomic mass is 9.95. The third-order valence-corrected chi connectivity index (χ3v) is 7.14. The van der Waals surface area contributed by atoms with E-state index >= 15 is 0 Å². The molecule has 2 unspecified atom stereocenters. The zero-order chi connectivity index (χ0) is 24.8. The minimum atomic E-state index is -0.117. The standard InChI is InChI=1S/C28H38N4OS/c1-7-10-22-14-24(18-34)20(4)32(25(15-22)16-23-11-9-12-29-17-23)27(8-2)30-26-13-19(3)28(33)31(6)21(26)5/h8-9,11-12,14,17,19,24-25,34H,4-5,7,10,13,15-16,18H2,1-3,6H3/b27-8+,30-26-/t19-,24?,25?/m0/s1. The largest absolute Gasteiger partial charge is 0.327 e. The lowest BCUT2D eigenvalue weighted by molar-refractivity contribution is -0.132. The van der Waals surface area contributed by atoms with Gasteiger partial charge in [-0.1, -0.05) is 51.1 Å². The molecule has 0 aromatic carbocycles. The molecule has 5 nitrogen and oxygen atoms in total. The Labute approximate surface area is 210 Å². The zero-order valence-electron chi connectivity index (χ0n) is 21.0. The molecule has 0 saturated carbocycles. The number of aliphatic imine (C=N–C) groups is 1. The molecule has 3 atom stereocenters. The highest BCUT2D eigenvalue weighted by molar-refractivity contribution is 7.80. The second kappa shape index (κ2) is 11.7. The van der Waals surface area contributed by atoms with Crippen LogP contribution in [0.25, 0.3) is 0 Å². The molecule has 3 rings (SSSR count). The predicted octanol–water partition coefficient (Wildman–Crippen LogP) is 5.80. The van der Waals surface area contributed by atoms with Crippen molar-refractivity contribution in [1.29, 1.82) is 0 Å². The van der Waals surface area contributed by atoms with E-state index in [1.165, 1.54) is 11.1 Å². The zero-order valence-corrected chi connectivity index (χ0v) is 21.9. The van der Waals surface area contributed by atoms with Crippen molar-refractivity contribution in [2.24, 2.45) is 16.8 Å². The van der Waals surface area contributed by atoms with E-state index in [1.807, 2.05) is 38.4 Å². The summed E-state index contributed by atoms with van der Waals surface area (Å²) in [6.07, 6.45) is 12.7. The summed E-state index contributed by atoms with van der Waals surface area (Å²) >= 11 is 4.67. The van der Waals surface area contributed by atoms with Crippen LogP contribution in [-0.4, -0.2) is 45.2 Å². The maximum Gasteiger partial charge on any atom is 0.229 e. The van der Waals surface area contributed by atoms with E-state index in [9.17, 15) is 4.79 Å². The minimum Gasteiger partial charge on any atom is -0.327 e. The van der Waals surface area contributed by atoms with Gasteiger partial charge in [-0.15, -0.1) is 0 Å². The number of allylic oxidation sites excluding steroid dienone is 3. The van der Waals surface area contributed by atoms with Crippen molar-refractivity contribution in [2.75, 3.05) is 12.8 Å². The number of carbonyl (C=O) groups excluding carboxylic acids is 1. The molecule has 0 N–H and O–H groups in total. The summed E-state index contributed by atoms with van der Waals surface area (Å²) in [5.74, 6) is 1.65. The van der Waals surface area contributed by atoms with Crippen molar-refractivity contribution in [3.63, 3.8) is 0 Å². The number of likely N-dealkylation sites (tertiary alicyclic amines) is 1. The molecule has 0 aliphatic carbocycles. The summed E-state index contributed by atoms with van der Waals surface area (Å²) in [6, 6.07) is 4.27. The Morgan fingerprint density at radius 3 is 2.74 bits per heavy atom. The van der Waals surface area contributed by atoms with E-state index in [-0.39, 0.29) is 23.8 Å². The lowest BCUT2D eigenvalue weighted by Crippen LogP contribution is -2.41. The molecule has 182 valence electrons. The molecule has 1 fully saturated rings. The van der Waals surface area contributed by atoms with Gasteiger partial charge in [0.1, 0.15) is 5.82 Å². The van der Waals surface area contributed by atoms with Crippen LogP contribution in [0.3, 0.4) is 0 Å². The first-order valence-electron chi connectivity index (χ1n) is 12.2. The highest BCUT2D eigenvalue weighted by Gasteiger charge is 2.33. The molecule has 2 aliphatic rings. The van der Waals surface area contributed by atoms with E-state index in [1.54, 1.807) is 11.9 Å². The van der Waals surface area contributed by atoms with Gasteiger partial charge in [-0.2, -0.15) is 12.6 Å². The van der Waals surface area contributed by atoms with Crippen LogP contribution in [-0.2, 0) is 11.2 Å². The van der Waals surface area contributed by atoms with Gasteiger partial charge in [-0.05, 0) is 43.9 Å². The average molecular weight is 479 g/mol. The molecule has 1 amide bonds. The number of pyridine rings is 1. The van der Waals surface area contributed by atoms with Crippen LogP contribution in [0, 0.1) is 11.8 Å². The number of nitrogens with zero attached hydrogens (tertiary/aromatic N) is 4. The highest BCUT2D eigenvalue weighted by Crippen LogP contribution is 2.36. The first kappa shape index (κ1) is 26.0. The van der Waals surface area contributed by atoms with E-state index in [0.29, 0.717) is 17.9 Å². The molecule has 1 saturated heterocycles. The molecular weight excluding hydrogens is 440 g/mol. The van der Waals surface area contributed by atoms with Crippen LogP contribution >= 0.6 is 12.6 Å². The number of hydrogen-bond acceptors (Lipinski definition) is 5. The lowest BCUT2D eigenvalue weighted by Gasteiger charge is -2.37. The Hall–Kier alpha value is -2.60. The monoisotopic (exact) mass is 478 g/mol. The Morgan fingerprint density at radius 2 is 2.12 bits per heavy atom. The van der Waals surface area contributed by atoms with Gasteiger partial charge in [-0.25, -0.2) is 4.99 Å². The molecule has 3 heterocycles. The predicted molar refractivity (Wildman–Crippen MR) is 145 cm³/mol. The second-order valence-electron chi connectivity index (χ2n) is 9.30. The number of piperidine rings is 1. The molecule has 6 heteroatoms. The van der Waals surface area contributed by atoms with Crippen molar-refractivity contribution in [2.45, 2.75) is 58.9 Å². The third-order valence-electron chi connectivity index (χ3n) is 6.74. The van der Waals surface area contributed by atoms with Gasteiger partial charge in [0.25, 0.3) is 0 Å². The van der Waals surface area contributed by atoms with E-state index in [4.69, 9.17) is 4.99 Å². The Balaban J connectivity index is 2.04. The number of hydrogen-bond donors (Lipinski definition) is 1. The first-order valence-corrected chi connectivity index (χ1v) is 12.8. The molecule has 1 aromatic rings. The smallest absolute Gasteiger partial charge is 0.229 e. The molecule has 1 aromatic heterocycles. The number of aromatic nitrogens is 1. The molecule has 0 radical (unpaired) electrons. The van der Waals surface area contributed by atoms with Crippen LogP contribution in [0.2, 0.25) is 0 Å². The average Bonchev–Trinajstić information content (AvgIpc) is 2.96. The molecule has 2 aliphatic heterocycles. The highest BCUT2D eigenvalue weighted by atomic mass is 32.1. The van der Waals surface area contributed by atoms with Crippen molar-refractivity contribution in [3.8, 4) is 0 Å². The number of amides is 1. The molecule has 0 bridgehead atoms. The Kier molecular flexibility index (Phi) is 8.95. The van der Waals surface area contributed by atoms with E-state index in [2.05, 4.69) is 54.7 Å². The van der Waals surface area contributed by atoms with Gasteiger partial charge in [0.05, 0.1) is 11.4 Å². The van der Waals surface area contributed by atoms with Gasteiger partial charge < -0.3 is 9.80 Å². The van der Waals surface area contributed by atoms with Crippen molar-refractivity contribution in [3.05, 3.63) is 78.2 Å². The number of carbonyl (C=O) groups is 1. The van der Waals surface area contributed by atoms with Gasteiger partial charge >= 0.3 is 0 Å². The maximum absolute atomic E-state index is 12.4. The maximum atomic E-state index is 12.4. The van der Waals surface area contributed by atoms with E-state index < -0.39 is 0 Å². The van der Waals surface area contributed by atoms with Crippen molar-refractivity contribution < 1.29 is 4.79 Å². The quantitative estimate of drug-likeness (QED) is 0.398. The second-order valence-corrected chi connectivity index (χ2v) is 9.67. The summed E-state index contributed by atoms with van der Waals surface area (Å²) in [6.45, 7) is 14.9.